The molecule has 1 aliphatic heterocycles. The lowest BCUT2D eigenvalue weighted by molar-refractivity contribution is -0.137. The second-order valence-electron chi connectivity index (χ2n) is 7.82. The molecule has 2 aromatic rings. The van der Waals surface area contributed by atoms with Gasteiger partial charge in [-0.05, 0) is 48.2 Å². The summed E-state index contributed by atoms with van der Waals surface area (Å²) < 4.78 is 64.8. The van der Waals surface area contributed by atoms with Crippen LogP contribution in [0.15, 0.2) is 53.4 Å². The molecule has 1 fully saturated rings. The summed E-state index contributed by atoms with van der Waals surface area (Å²) in [6.45, 7) is 1.41. The van der Waals surface area contributed by atoms with Crippen molar-refractivity contribution < 1.29 is 26.4 Å². The lowest BCUT2D eigenvalue weighted by Crippen LogP contribution is -2.36. The van der Waals surface area contributed by atoms with Crippen molar-refractivity contribution in [3.05, 3.63) is 65.2 Å². The Bertz CT molecular complexity index is 1020. The van der Waals surface area contributed by atoms with Gasteiger partial charge in [-0.3, -0.25) is 0 Å². The summed E-state index contributed by atoms with van der Waals surface area (Å²) in [6.07, 6.45) is -1.63. The maximum Gasteiger partial charge on any atom is 0.416 e. The average Bonchev–Trinajstić information content (AvgIpc) is 2.78. The fraction of sp³-hybridized carbons (Fsp3) is 0.409. The van der Waals surface area contributed by atoms with Crippen LogP contribution in [0.2, 0.25) is 0 Å². The van der Waals surface area contributed by atoms with Crippen LogP contribution in [0.25, 0.3) is 0 Å². The number of urea groups is 1. The SMILES string of the molecule is CN(Cc1ccc(C(F)(F)F)cc1)C(=O)NCc1ccc(S(=O)(=O)N2CCCCC2)cc1. The number of carbonyl (C=O) groups is 1. The summed E-state index contributed by atoms with van der Waals surface area (Å²) in [7, 11) is -1.96. The highest BCUT2D eigenvalue weighted by Gasteiger charge is 2.30. The number of benzene rings is 2. The van der Waals surface area contributed by atoms with Crippen molar-refractivity contribution in [1.29, 1.82) is 0 Å². The van der Waals surface area contributed by atoms with E-state index in [1.165, 1.54) is 33.5 Å². The number of rotatable bonds is 6. The summed E-state index contributed by atoms with van der Waals surface area (Å²) in [5.41, 5.74) is 0.570. The molecule has 0 unspecified atom stereocenters. The summed E-state index contributed by atoms with van der Waals surface area (Å²) in [5, 5.41) is 2.72. The van der Waals surface area contributed by atoms with E-state index >= 15 is 0 Å². The van der Waals surface area contributed by atoms with Crippen molar-refractivity contribution in [2.75, 3.05) is 20.1 Å². The smallest absolute Gasteiger partial charge is 0.334 e. The van der Waals surface area contributed by atoms with Crippen molar-refractivity contribution in [3.8, 4) is 0 Å². The molecule has 1 aliphatic rings. The minimum atomic E-state index is -4.40. The Hall–Kier alpha value is -2.59. The standard InChI is InChI=1S/C22H26F3N3O3S/c1-27(16-18-5-9-19(10-6-18)22(23,24)25)21(29)26-15-17-7-11-20(12-8-17)32(30,31)28-13-3-2-4-14-28/h5-12H,2-4,13-16H2,1H3,(H,26,29). The summed E-state index contributed by atoms with van der Waals surface area (Å²) >= 11 is 0. The fourth-order valence-electron chi connectivity index (χ4n) is 3.49. The van der Waals surface area contributed by atoms with Crippen LogP contribution >= 0.6 is 0 Å². The molecule has 2 amide bonds. The minimum absolute atomic E-state index is 0.150. The highest BCUT2D eigenvalue weighted by atomic mass is 32.2. The molecule has 174 valence electrons. The second-order valence-corrected chi connectivity index (χ2v) is 9.76. The Kier molecular flexibility index (Phi) is 7.45. The Morgan fingerprint density at radius 3 is 2.09 bits per heavy atom. The van der Waals surface area contributed by atoms with Gasteiger partial charge < -0.3 is 10.2 Å². The zero-order chi connectivity index (χ0) is 23.4. The predicted molar refractivity (Wildman–Crippen MR) is 114 cm³/mol. The summed E-state index contributed by atoms with van der Waals surface area (Å²) in [5.74, 6) is 0. The average molecular weight is 470 g/mol. The predicted octanol–water partition coefficient (Wildman–Crippen LogP) is 4.22. The third-order valence-corrected chi connectivity index (χ3v) is 7.28. The van der Waals surface area contributed by atoms with E-state index < -0.39 is 27.8 Å². The van der Waals surface area contributed by atoms with Gasteiger partial charge in [0.05, 0.1) is 10.5 Å². The van der Waals surface area contributed by atoms with Gasteiger partial charge in [-0.1, -0.05) is 30.7 Å². The van der Waals surface area contributed by atoms with Crippen LogP contribution in [-0.4, -0.2) is 43.8 Å². The van der Waals surface area contributed by atoms with Crippen LogP contribution in [0.4, 0.5) is 18.0 Å². The quantitative estimate of drug-likeness (QED) is 0.689. The fourth-order valence-corrected chi connectivity index (χ4v) is 5.01. The molecule has 6 nitrogen and oxygen atoms in total. The lowest BCUT2D eigenvalue weighted by Gasteiger charge is -2.25. The number of alkyl halides is 3. The maximum absolute atomic E-state index is 12.7. The van der Waals surface area contributed by atoms with E-state index in [1.54, 1.807) is 19.2 Å². The van der Waals surface area contributed by atoms with Gasteiger partial charge in [0, 0.05) is 33.2 Å². The second kappa shape index (κ2) is 9.91. The molecule has 3 rings (SSSR count). The van der Waals surface area contributed by atoms with E-state index in [0.717, 1.165) is 37.0 Å². The van der Waals surface area contributed by atoms with Gasteiger partial charge in [0.15, 0.2) is 0 Å². The molecule has 0 bridgehead atoms. The lowest BCUT2D eigenvalue weighted by atomic mass is 10.1. The van der Waals surface area contributed by atoms with Crippen molar-refractivity contribution in [3.63, 3.8) is 0 Å². The Morgan fingerprint density at radius 1 is 0.969 bits per heavy atom. The molecule has 1 heterocycles. The zero-order valence-corrected chi connectivity index (χ0v) is 18.5. The van der Waals surface area contributed by atoms with Crippen LogP contribution in [0.3, 0.4) is 0 Å². The molecule has 0 aliphatic carbocycles. The Balaban J connectivity index is 1.53. The van der Waals surface area contributed by atoms with E-state index in [4.69, 9.17) is 0 Å². The molecule has 1 N–H and O–H groups in total. The van der Waals surface area contributed by atoms with E-state index in [9.17, 15) is 26.4 Å². The normalized spacial score (nSPS) is 15.4. The van der Waals surface area contributed by atoms with Crippen molar-refractivity contribution in [2.24, 2.45) is 0 Å². The Morgan fingerprint density at radius 2 is 1.53 bits per heavy atom. The van der Waals surface area contributed by atoms with Gasteiger partial charge in [0.1, 0.15) is 0 Å². The largest absolute Gasteiger partial charge is 0.416 e. The third kappa shape index (κ3) is 6.01. The van der Waals surface area contributed by atoms with E-state index in [1.807, 2.05) is 0 Å². The number of nitrogens with one attached hydrogen (secondary N) is 1. The van der Waals surface area contributed by atoms with Gasteiger partial charge in [-0.25, -0.2) is 13.2 Å². The zero-order valence-electron chi connectivity index (χ0n) is 17.7. The van der Waals surface area contributed by atoms with Crippen LogP contribution in [0.5, 0.6) is 0 Å². The first-order valence-corrected chi connectivity index (χ1v) is 11.8. The van der Waals surface area contributed by atoms with Crippen molar-refractivity contribution >= 4 is 16.1 Å². The minimum Gasteiger partial charge on any atom is -0.334 e. The number of halogens is 3. The number of hydrogen-bond acceptors (Lipinski definition) is 3. The van der Waals surface area contributed by atoms with Gasteiger partial charge in [-0.2, -0.15) is 17.5 Å². The number of nitrogens with zero attached hydrogens (tertiary/aromatic N) is 2. The third-order valence-electron chi connectivity index (χ3n) is 5.37. The molecule has 0 atom stereocenters. The Labute approximate surface area is 186 Å². The molecule has 0 radical (unpaired) electrons. The van der Waals surface area contributed by atoms with Crippen molar-refractivity contribution in [2.45, 2.75) is 43.4 Å². The molecule has 1 saturated heterocycles. The molecule has 0 aromatic heterocycles. The first-order chi connectivity index (χ1) is 15.1. The number of carbonyl (C=O) groups excluding carboxylic acids is 1. The van der Waals surface area contributed by atoms with E-state index in [-0.39, 0.29) is 18.0 Å². The van der Waals surface area contributed by atoms with Crippen LogP contribution in [0.1, 0.15) is 36.0 Å². The summed E-state index contributed by atoms with van der Waals surface area (Å²) in [6, 6.07) is 10.7. The molecule has 2 aromatic carbocycles. The van der Waals surface area contributed by atoms with Gasteiger partial charge in [0.2, 0.25) is 10.0 Å². The van der Waals surface area contributed by atoms with Gasteiger partial charge in [-0.15, -0.1) is 0 Å². The highest BCUT2D eigenvalue weighted by molar-refractivity contribution is 7.89. The highest BCUT2D eigenvalue weighted by Crippen LogP contribution is 2.29. The number of sulfonamides is 1. The number of piperidine rings is 1. The molecular weight excluding hydrogens is 443 g/mol. The van der Waals surface area contributed by atoms with Crippen molar-refractivity contribution in [1.82, 2.24) is 14.5 Å². The van der Waals surface area contributed by atoms with E-state index in [0.29, 0.717) is 18.7 Å². The van der Waals surface area contributed by atoms with Gasteiger partial charge >= 0.3 is 12.2 Å². The van der Waals surface area contributed by atoms with Gasteiger partial charge in [0.25, 0.3) is 0 Å². The van der Waals surface area contributed by atoms with Crippen LogP contribution in [0, 0.1) is 0 Å². The number of amides is 2. The summed E-state index contributed by atoms with van der Waals surface area (Å²) in [4.78, 5) is 13.9. The first kappa shape index (κ1) is 24.1. The first-order valence-electron chi connectivity index (χ1n) is 10.3. The molecule has 32 heavy (non-hydrogen) atoms. The maximum atomic E-state index is 12.7. The molecule has 10 heteroatoms. The topological polar surface area (TPSA) is 69.7 Å². The van der Waals surface area contributed by atoms with Crippen LogP contribution in [-0.2, 0) is 29.3 Å². The number of hydrogen-bond donors (Lipinski definition) is 1. The molecule has 0 saturated carbocycles. The van der Waals surface area contributed by atoms with Crippen LogP contribution < -0.4 is 5.32 Å². The molecular formula is C22H26F3N3O3S. The van der Waals surface area contributed by atoms with E-state index in [2.05, 4.69) is 5.32 Å². The molecule has 0 spiro atoms. The monoisotopic (exact) mass is 469 g/mol.